The van der Waals surface area contributed by atoms with Crippen molar-refractivity contribution in [1.29, 1.82) is 0 Å². The number of oxime groups is 1. The average Bonchev–Trinajstić information content (AvgIpc) is 2.52. The Morgan fingerprint density at radius 1 is 1.32 bits per heavy atom. The highest BCUT2D eigenvalue weighted by molar-refractivity contribution is 9.09. The number of pyridine rings is 1. The molecule has 0 fully saturated rings. The fourth-order valence-corrected chi connectivity index (χ4v) is 2.82. The Kier molecular flexibility index (Phi) is 8.77. The van der Waals surface area contributed by atoms with Crippen molar-refractivity contribution in [2.75, 3.05) is 7.11 Å². The summed E-state index contributed by atoms with van der Waals surface area (Å²) in [5.41, 5.74) is 2.36. The first-order chi connectivity index (χ1) is 11.6. The predicted molar refractivity (Wildman–Crippen MR) is 100 cm³/mol. The van der Waals surface area contributed by atoms with E-state index in [9.17, 15) is 0 Å². The summed E-state index contributed by atoms with van der Waals surface area (Å²) in [6.07, 6.45) is 3.47. The molecule has 2 N–H and O–H groups in total. The molecule has 1 heterocycles. The fraction of sp³-hybridized carbons (Fsp3) is 0.143. The molecular weight excluding hydrogens is 459 g/mol. The first-order valence-electron chi connectivity index (χ1n) is 6.43. The molecule has 2 aromatic rings. The maximum atomic E-state index is 8.74. The van der Waals surface area contributed by atoms with Crippen LogP contribution in [0.4, 0.5) is 0 Å². The maximum Gasteiger partial charge on any atom is 0.394 e. The van der Waals surface area contributed by atoms with E-state index in [-0.39, 0.29) is 4.83 Å². The zero-order valence-electron chi connectivity index (χ0n) is 12.7. The van der Waals surface area contributed by atoms with Crippen LogP contribution >= 0.6 is 39.1 Å². The highest BCUT2D eigenvalue weighted by atomic mass is 79.9. The van der Waals surface area contributed by atoms with Gasteiger partial charge in [-0.2, -0.15) is 8.42 Å². The molecule has 0 saturated heterocycles. The first-order valence-corrected chi connectivity index (χ1v) is 9.50. The van der Waals surface area contributed by atoms with Crippen molar-refractivity contribution in [3.63, 3.8) is 0 Å². The van der Waals surface area contributed by atoms with Crippen LogP contribution < -0.4 is 0 Å². The van der Waals surface area contributed by atoms with Crippen LogP contribution in [0.15, 0.2) is 47.9 Å². The number of nitrogens with zero attached hydrogens (tertiary/aromatic N) is 2. The van der Waals surface area contributed by atoms with E-state index in [0.29, 0.717) is 15.8 Å². The molecule has 1 unspecified atom stereocenters. The summed E-state index contributed by atoms with van der Waals surface area (Å²) in [5, 5.41) is 5.16. The van der Waals surface area contributed by atoms with Gasteiger partial charge in [-0.15, -0.1) is 0 Å². The lowest BCUT2D eigenvalue weighted by Gasteiger charge is -2.14. The first kappa shape index (κ1) is 21.8. The van der Waals surface area contributed by atoms with Gasteiger partial charge in [-0.1, -0.05) is 50.4 Å². The molecule has 1 aromatic carbocycles. The van der Waals surface area contributed by atoms with Crippen LogP contribution in [0.5, 0.6) is 0 Å². The van der Waals surface area contributed by atoms with Gasteiger partial charge in [0.1, 0.15) is 12.8 Å². The topological polar surface area (TPSA) is 109 Å². The van der Waals surface area contributed by atoms with Crippen LogP contribution in [-0.2, 0) is 15.2 Å². The van der Waals surface area contributed by atoms with Gasteiger partial charge >= 0.3 is 10.4 Å². The molecule has 1 atom stereocenters. The second kappa shape index (κ2) is 10.0. The Morgan fingerprint density at radius 3 is 2.44 bits per heavy atom. The van der Waals surface area contributed by atoms with Gasteiger partial charge in [0.25, 0.3) is 0 Å². The molecule has 2 rings (SSSR count). The van der Waals surface area contributed by atoms with E-state index in [2.05, 4.69) is 26.1 Å². The summed E-state index contributed by atoms with van der Waals surface area (Å²) < 4.78 is 31.6. The SMILES string of the molecule is CON=C(c1ccc(Cl)cc1Cl)C(Br)c1cccnc1.O=S(=O)(O)O. The molecule has 0 radical (unpaired) electrons. The lowest BCUT2D eigenvalue weighted by atomic mass is 10.0. The molecule has 7 nitrogen and oxygen atoms in total. The van der Waals surface area contributed by atoms with Crippen molar-refractivity contribution in [2.24, 2.45) is 5.16 Å². The number of alkyl halides is 1. The normalized spacial score (nSPS) is 12.8. The van der Waals surface area contributed by atoms with Crippen molar-refractivity contribution in [3.05, 3.63) is 63.9 Å². The van der Waals surface area contributed by atoms with Crippen molar-refractivity contribution < 1.29 is 22.4 Å². The molecule has 0 aliphatic carbocycles. The van der Waals surface area contributed by atoms with Gasteiger partial charge in [-0.25, -0.2) is 0 Å². The van der Waals surface area contributed by atoms with Crippen LogP contribution in [0, 0.1) is 0 Å². The average molecular weight is 472 g/mol. The van der Waals surface area contributed by atoms with E-state index < -0.39 is 10.4 Å². The van der Waals surface area contributed by atoms with Crippen LogP contribution in [0.25, 0.3) is 0 Å². The number of aromatic nitrogens is 1. The van der Waals surface area contributed by atoms with Crippen LogP contribution in [0.2, 0.25) is 10.0 Å². The van der Waals surface area contributed by atoms with Gasteiger partial charge in [0.15, 0.2) is 0 Å². The molecule has 0 aliphatic rings. The Hall–Kier alpha value is -1.23. The predicted octanol–water partition coefficient (Wildman–Crippen LogP) is 4.22. The highest BCUT2D eigenvalue weighted by Gasteiger charge is 2.20. The van der Waals surface area contributed by atoms with E-state index >= 15 is 0 Å². The highest BCUT2D eigenvalue weighted by Crippen LogP contribution is 2.31. The zero-order chi connectivity index (χ0) is 19.0. The van der Waals surface area contributed by atoms with Crippen molar-refractivity contribution in [1.82, 2.24) is 4.98 Å². The molecular formula is C14H13BrCl2N2O5S. The van der Waals surface area contributed by atoms with Crippen LogP contribution in [-0.4, -0.2) is 35.3 Å². The molecule has 0 bridgehead atoms. The van der Waals surface area contributed by atoms with Gasteiger partial charge in [0, 0.05) is 23.0 Å². The fourth-order valence-electron chi connectivity index (χ4n) is 1.71. The standard InChI is InChI=1S/C14H11BrCl2N2O.H2O4S/c1-20-19-14(11-5-4-10(16)7-12(11)17)13(15)9-3-2-6-18-8-9;1-5(2,3)4/h2-8,13H,1H3;(H2,1,2,3,4). The van der Waals surface area contributed by atoms with Crippen LogP contribution in [0.1, 0.15) is 16.0 Å². The number of halogens is 3. The molecule has 0 spiro atoms. The Morgan fingerprint density at radius 2 is 1.96 bits per heavy atom. The third kappa shape index (κ3) is 8.13. The Bertz CT molecular complexity index is 826. The summed E-state index contributed by atoms with van der Waals surface area (Å²) in [7, 11) is -3.17. The number of benzene rings is 1. The van der Waals surface area contributed by atoms with E-state index in [1.165, 1.54) is 7.11 Å². The quantitative estimate of drug-likeness (QED) is 0.299. The number of rotatable bonds is 4. The third-order valence-electron chi connectivity index (χ3n) is 2.61. The smallest absolute Gasteiger partial charge is 0.394 e. The molecule has 0 amide bonds. The van der Waals surface area contributed by atoms with Crippen molar-refractivity contribution in [3.8, 4) is 0 Å². The van der Waals surface area contributed by atoms with E-state index in [1.54, 1.807) is 24.5 Å². The van der Waals surface area contributed by atoms with Gasteiger partial charge in [-0.3, -0.25) is 14.1 Å². The Balaban J connectivity index is 0.000000550. The van der Waals surface area contributed by atoms with Crippen LogP contribution in [0.3, 0.4) is 0 Å². The second-order valence-electron chi connectivity index (χ2n) is 4.38. The molecule has 1 aromatic heterocycles. The monoisotopic (exact) mass is 470 g/mol. The largest absolute Gasteiger partial charge is 0.399 e. The minimum absolute atomic E-state index is 0.185. The summed E-state index contributed by atoms with van der Waals surface area (Å²) >= 11 is 15.8. The van der Waals surface area contributed by atoms with Gasteiger partial charge in [0.05, 0.1) is 9.85 Å². The minimum atomic E-state index is -4.67. The second-order valence-corrected chi connectivity index (χ2v) is 7.03. The zero-order valence-corrected chi connectivity index (χ0v) is 16.6. The molecule has 0 saturated carbocycles. The number of hydrogen-bond acceptors (Lipinski definition) is 5. The summed E-state index contributed by atoms with van der Waals surface area (Å²) in [6.45, 7) is 0. The van der Waals surface area contributed by atoms with E-state index in [1.807, 2.05) is 18.2 Å². The lowest BCUT2D eigenvalue weighted by molar-refractivity contribution is 0.213. The van der Waals surface area contributed by atoms with Gasteiger partial charge in [-0.05, 0) is 29.8 Å². The van der Waals surface area contributed by atoms with Gasteiger partial charge < -0.3 is 4.84 Å². The molecule has 11 heteroatoms. The summed E-state index contributed by atoms with van der Waals surface area (Å²) in [4.78, 5) is 8.85. The van der Waals surface area contributed by atoms with Gasteiger partial charge in [0.2, 0.25) is 0 Å². The molecule has 0 aliphatic heterocycles. The van der Waals surface area contributed by atoms with Crippen molar-refractivity contribution >= 4 is 55.2 Å². The third-order valence-corrected chi connectivity index (χ3v) is 4.12. The molecule has 136 valence electrons. The number of hydrogen-bond donors (Lipinski definition) is 2. The lowest BCUT2D eigenvalue weighted by Crippen LogP contribution is -2.10. The van der Waals surface area contributed by atoms with E-state index in [0.717, 1.165) is 11.1 Å². The van der Waals surface area contributed by atoms with Crippen molar-refractivity contribution in [2.45, 2.75) is 4.83 Å². The Labute approximate surface area is 163 Å². The molecule has 25 heavy (non-hydrogen) atoms. The maximum absolute atomic E-state index is 8.74. The summed E-state index contributed by atoms with van der Waals surface area (Å²) in [5.74, 6) is 0. The summed E-state index contributed by atoms with van der Waals surface area (Å²) in [6, 6.07) is 9.05. The minimum Gasteiger partial charge on any atom is -0.399 e. The van der Waals surface area contributed by atoms with E-state index in [4.69, 9.17) is 45.6 Å².